The lowest BCUT2D eigenvalue weighted by molar-refractivity contribution is -0.533. The van der Waals surface area contributed by atoms with E-state index >= 15 is 0 Å². The van der Waals surface area contributed by atoms with E-state index in [1.807, 2.05) is 0 Å². The van der Waals surface area contributed by atoms with Gasteiger partial charge in [0.15, 0.2) is 0 Å². The molecule has 180 valence electrons. The maximum atomic E-state index is 13.6. The molecule has 0 aromatic heterocycles. The number of ether oxygens (including phenoxy) is 2. The number of carbonyl (C=O) groups is 1. The smallest absolute Gasteiger partial charge is 0.262 e. The molecule has 0 aliphatic carbocycles. The monoisotopic (exact) mass is 512 g/mol. The van der Waals surface area contributed by atoms with Gasteiger partial charge in [0, 0.05) is 0 Å². The molecule has 2 atom stereocenters. The van der Waals surface area contributed by atoms with E-state index in [-0.39, 0.29) is 0 Å². The fourth-order valence-corrected chi connectivity index (χ4v) is 1.44. The Labute approximate surface area is 151 Å². The maximum absolute atomic E-state index is 13.6. The second-order valence-corrected chi connectivity index (χ2v) is 6.04. The number of hydrogen-bond donors (Lipinski definition) is 0. The van der Waals surface area contributed by atoms with Crippen LogP contribution in [0.25, 0.3) is 0 Å². The van der Waals surface area contributed by atoms with Crippen molar-refractivity contribution in [1.82, 2.24) is 0 Å². The van der Waals surface area contributed by atoms with Crippen molar-refractivity contribution < 1.29 is 92.4 Å². The lowest BCUT2D eigenvalue weighted by Gasteiger charge is -2.38. The van der Waals surface area contributed by atoms with Crippen molar-refractivity contribution >= 4 is 16.3 Å². The van der Waals surface area contributed by atoms with E-state index in [9.17, 15) is 83.0 Å². The van der Waals surface area contributed by atoms with Crippen LogP contribution in [-0.4, -0.2) is 56.0 Å². The van der Waals surface area contributed by atoms with Crippen LogP contribution in [0.1, 0.15) is 0 Å². The van der Waals surface area contributed by atoms with Gasteiger partial charge in [-0.2, -0.15) is 74.3 Å². The maximum Gasteiger partial charge on any atom is 0.464 e. The first kappa shape index (κ1) is 28.4. The van der Waals surface area contributed by atoms with Gasteiger partial charge in [-0.25, -0.2) is 0 Å². The summed E-state index contributed by atoms with van der Waals surface area (Å²) in [5.74, 6) is -15.3. The molecule has 30 heavy (non-hydrogen) atoms. The summed E-state index contributed by atoms with van der Waals surface area (Å²) in [4.78, 5) is 9.88. The molecule has 0 aromatic carbocycles. The fraction of sp³-hybridized carbons (Fsp3) is 0.875. The molecule has 0 aliphatic rings. The van der Waals surface area contributed by atoms with Crippen LogP contribution in [0.4, 0.5) is 69.7 Å². The summed E-state index contributed by atoms with van der Waals surface area (Å²) < 4.78 is 224. The van der Waals surface area contributed by atoms with Crippen LogP contribution in [0.15, 0.2) is 0 Å². The zero-order valence-electron chi connectivity index (χ0n) is 12.5. The number of halogens is 16. The Balaban J connectivity index is 6.70. The van der Waals surface area contributed by atoms with Crippen LogP contribution >= 0.6 is 0 Å². The second kappa shape index (κ2) is 7.24. The van der Waals surface area contributed by atoms with Crippen molar-refractivity contribution in [1.29, 1.82) is 0 Å². The summed E-state index contributed by atoms with van der Waals surface area (Å²) in [7, 11) is -8.09. The molecule has 0 aliphatic heterocycles. The van der Waals surface area contributed by atoms with Gasteiger partial charge in [-0.1, -0.05) is 3.89 Å². The number of carbonyl (C=O) groups excluding carboxylic acids is 1. The third-order valence-electron chi connectivity index (χ3n) is 2.54. The van der Waals surface area contributed by atoms with Crippen LogP contribution in [0, 0.1) is 0 Å². The average Bonchev–Trinajstić information content (AvgIpc) is 2.41. The van der Waals surface area contributed by atoms with Crippen LogP contribution in [0.3, 0.4) is 0 Å². The Morgan fingerprint density at radius 2 is 1.00 bits per heavy atom. The van der Waals surface area contributed by atoms with E-state index < -0.39 is 57.8 Å². The summed E-state index contributed by atoms with van der Waals surface area (Å²) in [6, 6.07) is -4.76. The standard InChI is InChI=1S/C8F16O5S/c9-1(25)2(10,4(12,13)14)28-6(18,19)3(11,5(15,16)17)29-7(20,21)8(22,23)30(24,26)27/t2-,3-/m1/s1. The molecule has 0 aromatic rings. The highest BCUT2D eigenvalue weighted by Crippen LogP contribution is 2.55. The van der Waals surface area contributed by atoms with Gasteiger partial charge in [0.25, 0.3) is 0 Å². The predicted molar refractivity (Wildman–Crippen MR) is 52.9 cm³/mol. The molecule has 0 spiro atoms. The minimum absolute atomic E-state index is 1.25. The summed E-state index contributed by atoms with van der Waals surface area (Å²) >= 11 is 0. The Morgan fingerprint density at radius 1 is 0.633 bits per heavy atom. The SMILES string of the molecule is O=C(F)[C@@](F)(OC(F)(F)[C@](F)(OC(F)(F)C(F)(F)S(=O)(=O)F)C(F)(F)F)C(F)(F)F. The van der Waals surface area contributed by atoms with E-state index in [1.165, 1.54) is 9.47 Å². The van der Waals surface area contributed by atoms with Crippen LogP contribution < -0.4 is 0 Å². The molecule has 0 amide bonds. The molecule has 0 radical (unpaired) electrons. The normalized spacial score (nSPS) is 19.2. The molecular formula is C8F16O5S. The van der Waals surface area contributed by atoms with Gasteiger partial charge in [-0.05, 0) is 0 Å². The third-order valence-corrected chi connectivity index (χ3v) is 3.39. The van der Waals surface area contributed by atoms with E-state index in [2.05, 4.69) is 0 Å². The molecule has 0 fully saturated rings. The lowest BCUT2D eigenvalue weighted by atomic mass is 10.2. The van der Waals surface area contributed by atoms with Crippen molar-refractivity contribution in [2.24, 2.45) is 0 Å². The molecule has 0 unspecified atom stereocenters. The zero-order chi connectivity index (χ0) is 25.0. The summed E-state index contributed by atoms with van der Waals surface area (Å²) in [6.07, 6.45) is -31.1. The van der Waals surface area contributed by atoms with Crippen LogP contribution in [-0.2, 0) is 24.5 Å². The molecule has 0 saturated carbocycles. The van der Waals surface area contributed by atoms with Crippen LogP contribution in [0.2, 0.25) is 0 Å². The number of rotatable bonds is 8. The fourth-order valence-electron chi connectivity index (χ4n) is 1.11. The van der Waals surface area contributed by atoms with Gasteiger partial charge in [0.1, 0.15) is 0 Å². The van der Waals surface area contributed by atoms with Gasteiger partial charge in [-0.15, -0.1) is 0 Å². The molecule has 0 rings (SSSR count). The summed E-state index contributed by atoms with van der Waals surface area (Å²) in [6.45, 7) is 0. The highest BCUT2D eigenvalue weighted by molar-refractivity contribution is 7.87. The van der Waals surface area contributed by atoms with Crippen molar-refractivity contribution in [2.45, 2.75) is 41.5 Å². The average molecular weight is 512 g/mol. The molecule has 0 heterocycles. The lowest BCUT2D eigenvalue weighted by Crippen LogP contribution is -2.67. The number of hydrogen-bond acceptors (Lipinski definition) is 5. The first-order chi connectivity index (χ1) is 12.6. The topological polar surface area (TPSA) is 69.7 Å². The Kier molecular flexibility index (Phi) is 6.86. The summed E-state index contributed by atoms with van der Waals surface area (Å²) in [5.41, 5.74) is 0. The second-order valence-electron chi connectivity index (χ2n) is 4.65. The molecule has 0 N–H and O–H groups in total. The van der Waals surface area contributed by atoms with E-state index in [1.54, 1.807) is 0 Å². The largest absolute Gasteiger partial charge is 0.464 e. The Hall–Kier alpha value is -1.58. The van der Waals surface area contributed by atoms with Gasteiger partial charge >= 0.3 is 57.8 Å². The minimum Gasteiger partial charge on any atom is -0.262 e. The molecule has 0 bridgehead atoms. The van der Waals surface area contributed by atoms with E-state index in [0.717, 1.165) is 0 Å². The molecule has 0 saturated heterocycles. The van der Waals surface area contributed by atoms with Crippen LogP contribution in [0.5, 0.6) is 0 Å². The third kappa shape index (κ3) is 4.53. The van der Waals surface area contributed by atoms with Gasteiger partial charge < -0.3 is 0 Å². The van der Waals surface area contributed by atoms with E-state index in [4.69, 9.17) is 0 Å². The Bertz CT molecular complexity index is 769. The van der Waals surface area contributed by atoms with Crippen molar-refractivity contribution in [3.05, 3.63) is 0 Å². The molecule has 5 nitrogen and oxygen atoms in total. The van der Waals surface area contributed by atoms with E-state index in [0.29, 0.717) is 0 Å². The minimum atomic E-state index is -8.09. The van der Waals surface area contributed by atoms with Crippen molar-refractivity contribution in [3.63, 3.8) is 0 Å². The molecule has 22 heteroatoms. The zero-order valence-corrected chi connectivity index (χ0v) is 13.3. The van der Waals surface area contributed by atoms with Gasteiger partial charge in [0.05, 0.1) is 0 Å². The highest BCUT2D eigenvalue weighted by Gasteiger charge is 2.84. The first-order valence-electron chi connectivity index (χ1n) is 5.80. The number of alkyl halides is 14. The Morgan fingerprint density at radius 3 is 1.23 bits per heavy atom. The predicted octanol–water partition coefficient (Wildman–Crippen LogP) is 4.05. The van der Waals surface area contributed by atoms with Crippen molar-refractivity contribution in [2.75, 3.05) is 0 Å². The van der Waals surface area contributed by atoms with Gasteiger partial charge in [-0.3, -0.25) is 14.3 Å². The highest BCUT2D eigenvalue weighted by atomic mass is 32.3. The quantitative estimate of drug-likeness (QED) is 0.363. The first-order valence-corrected chi connectivity index (χ1v) is 7.18. The molecular weight excluding hydrogens is 512 g/mol. The summed E-state index contributed by atoms with van der Waals surface area (Å²) in [5, 5.41) is -7.61. The van der Waals surface area contributed by atoms with Gasteiger partial charge in [0.2, 0.25) is 0 Å². The van der Waals surface area contributed by atoms with Crippen molar-refractivity contribution in [3.8, 4) is 0 Å².